The predicted octanol–water partition coefficient (Wildman–Crippen LogP) is 1.73. The van der Waals surface area contributed by atoms with Crippen LogP contribution in [0.1, 0.15) is 32.4 Å². The van der Waals surface area contributed by atoms with E-state index in [9.17, 15) is 13.2 Å². The lowest BCUT2D eigenvalue weighted by atomic mass is 10.1. The highest BCUT2D eigenvalue weighted by atomic mass is 32.2. The maximum Gasteiger partial charge on any atom is 0.221 e. The molecule has 0 aliphatic heterocycles. The fraction of sp³-hybridized carbons (Fsp3) is 0.500. The fourth-order valence-electron chi connectivity index (χ4n) is 2.11. The third kappa shape index (κ3) is 6.16. The molecular weight excluding hydrogens is 276 g/mol. The van der Waals surface area contributed by atoms with Crippen molar-refractivity contribution in [3.8, 4) is 0 Å². The second kappa shape index (κ2) is 6.85. The van der Waals surface area contributed by atoms with Crippen molar-refractivity contribution >= 4 is 21.4 Å². The fourth-order valence-corrected chi connectivity index (χ4v) is 3.12. The Kier molecular flexibility index (Phi) is 5.71. The van der Waals surface area contributed by atoms with Gasteiger partial charge in [0, 0.05) is 31.0 Å². The molecule has 1 aromatic rings. The molecule has 112 valence electrons. The van der Waals surface area contributed by atoms with Crippen molar-refractivity contribution in [3.63, 3.8) is 0 Å². The lowest BCUT2D eigenvalue weighted by Crippen LogP contribution is -2.34. The monoisotopic (exact) mass is 298 g/mol. The second-order valence-electron chi connectivity index (χ2n) is 5.19. The first-order valence-electron chi connectivity index (χ1n) is 6.48. The lowest BCUT2D eigenvalue weighted by molar-refractivity contribution is -0.114. The molecule has 6 heteroatoms. The number of nitrogens with one attached hydrogen (secondary N) is 2. The topological polar surface area (TPSA) is 75.3 Å². The van der Waals surface area contributed by atoms with Gasteiger partial charge in [0.05, 0.1) is 5.75 Å². The molecule has 0 aliphatic carbocycles. The van der Waals surface area contributed by atoms with Gasteiger partial charge in [-0.3, -0.25) is 4.79 Å². The Bertz CT molecular complexity index is 570. The summed E-state index contributed by atoms with van der Waals surface area (Å²) in [4.78, 5) is 11.0. The van der Waals surface area contributed by atoms with E-state index < -0.39 is 9.84 Å². The average Bonchev–Trinajstić information content (AvgIpc) is 2.25. The Morgan fingerprint density at radius 1 is 1.30 bits per heavy atom. The number of benzene rings is 1. The van der Waals surface area contributed by atoms with Gasteiger partial charge in [-0.05, 0) is 31.5 Å². The van der Waals surface area contributed by atoms with Gasteiger partial charge < -0.3 is 10.6 Å². The Morgan fingerprint density at radius 3 is 2.50 bits per heavy atom. The van der Waals surface area contributed by atoms with Crippen LogP contribution in [-0.4, -0.2) is 32.4 Å². The summed E-state index contributed by atoms with van der Waals surface area (Å²) in [6.07, 6.45) is 1.23. The van der Waals surface area contributed by atoms with E-state index in [1.165, 1.54) is 13.2 Å². The number of carbonyl (C=O) groups excluding carboxylic acids is 1. The third-order valence-electron chi connectivity index (χ3n) is 2.79. The van der Waals surface area contributed by atoms with Gasteiger partial charge in [-0.1, -0.05) is 12.1 Å². The Morgan fingerprint density at radius 2 is 1.95 bits per heavy atom. The zero-order chi connectivity index (χ0) is 15.3. The van der Waals surface area contributed by atoms with Crippen LogP contribution in [0, 0.1) is 0 Å². The Labute approximate surface area is 120 Å². The van der Waals surface area contributed by atoms with E-state index in [-0.39, 0.29) is 23.7 Å². The second-order valence-corrected chi connectivity index (χ2v) is 7.37. The summed E-state index contributed by atoms with van der Waals surface area (Å²) in [5, 5.41) is 5.97. The molecule has 1 rings (SSSR count). The van der Waals surface area contributed by atoms with E-state index in [1.807, 2.05) is 38.1 Å². The summed E-state index contributed by atoms with van der Waals surface area (Å²) in [6, 6.07) is 7.37. The normalized spacial score (nSPS) is 14.6. The van der Waals surface area contributed by atoms with Crippen LogP contribution < -0.4 is 10.6 Å². The van der Waals surface area contributed by atoms with Crippen LogP contribution in [0.3, 0.4) is 0 Å². The van der Waals surface area contributed by atoms with Gasteiger partial charge in [0.25, 0.3) is 0 Å². The summed E-state index contributed by atoms with van der Waals surface area (Å²) >= 11 is 0. The Balaban J connectivity index is 2.72. The van der Waals surface area contributed by atoms with Crippen molar-refractivity contribution in [2.45, 2.75) is 32.9 Å². The summed E-state index contributed by atoms with van der Waals surface area (Å²) in [5.74, 6) is -0.0175. The zero-order valence-corrected chi connectivity index (χ0v) is 13.1. The summed E-state index contributed by atoms with van der Waals surface area (Å²) in [5.41, 5.74) is 1.73. The molecule has 0 heterocycles. The molecule has 0 saturated carbocycles. The molecule has 0 aromatic heterocycles. The smallest absolute Gasteiger partial charge is 0.221 e. The summed E-state index contributed by atoms with van der Waals surface area (Å²) in [7, 11) is -2.99. The molecule has 2 unspecified atom stereocenters. The van der Waals surface area contributed by atoms with Crippen LogP contribution in [0.15, 0.2) is 24.3 Å². The van der Waals surface area contributed by atoms with Crippen LogP contribution in [0.2, 0.25) is 0 Å². The minimum absolute atomic E-state index is 0.000424. The van der Waals surface area contributed by atoms with Gasteiger partial charge in [-0.15, -0.1) is 0 Å². The quantitative estimate of drug-likeness (QED) is 0.838. The molecule has 5 nitrogen and oxygen atoms in total. The van der Waals surface area contributed by atoms with Crippen LogP contribution in [0.5, 0.6) is 0 Å². The molecule has 0 aliphatic rings. The van der Waals surface area contributed by atoms with Crippen molar-refractivity contribution in [1.82, 2.24) is 5.32 Å². The summed E-state index contributed by atoms with van der Waals surface area (Å²) < 4.78 is 22.5. The van der Waals surface area contributed by atoms with E-state index in [4.69, 9.17) is 0 Å². The third-order valence-corrected chi connectivity index (χ3v) is 3.90. The molecule has 0 fully saturated rings. The number of carbonyl (C=O) groups is 1. The first-order chi connectivity index (χ1) is 9.17. The predicted molar refractivity (Wildman–Crippen MR) is 81.5 cm³/mol. The van der Waals surface area contributed by atoms with Gasteiger partial charge in [0.2, 0.25) is 5.91 Å². The maximum atomic E-state index is 11.2. The van der Waals surface area contributed by atoms with Crippen molar-refractivity contribution in [2.24, 2.45) is 0 Å². The molecule has 0 radical (unpaired) electrons. The maximum absolute atomic E-state index is 11.2. The number of hydrogen-bond acceptors (Lipinski definition) is 4. The van der Waals surface area contributed by atoms with Crippen molar-refractivity contribution < 1.29 is 13.2 Å². The molecule has 0 spiro atoms. The van der Waals surface area contributed by atoms with Gasteiger partial charge >= 0.3 is 0 Å². The Hall–Kier alpha value is -1.40. The highest BCUT2D eigenvalue weighted by molar-refractivity contribution is 7.90. The van der Waals surface area contributed by atoms with E-state index in [2.05, 4.69) is 10.6 Å². The minimum atomic E-state index is -2.99. The van der Waals surface area contributed by atoms with Gasteiger partial charge in [0.1, 0.15) is 9.84 Å². The first-order valence-corrected chi connectivity index (χ1v) is 8.55. The van der Waals surface area contributed by atoms with E-state index >= 15 is 0 Å². The van der Waals surface area contributed by atoms with Gasteiger partial charge in [0.15, 0.2) is 0 Å². The van der Waals surface area contributed by atoms with Gasteiger partial charge in [-0.2, -0.15) is 0 Å². The van der Waals surface area contributed by atoms with E-state index in [1.54, 1.807) is 0 Å². The molecule has 20 heavy (non-hydrogen) atoms. The summed E-state index contributed by atoms with van der Waals surface area (Å²) in [6.45, 7) is 5.27. The van der Waals surface area contributed by atoms with E-state index in [0.717, 1.165) is 11.3 Å². The van der Waals surface area contributed by atoms with Crippen LogP contribution in [-0.2, 0) is 14.6 Å². The van der Waals surface area contributed by atoms with Crippen LogP contribution >= 0.6 is 0 Å². The molecular formula is C14H22N2O3S. The van der Waals surface area contributed by atoms with Gasteiger partial charge in [-0.25, -0.2) is 8.42 Å². The average molecular weight is 298 g/mol. The SMILES string of the molecule is CC(=O)Nc1cccc(C(C)NC(C)CS(C)(=O)=O)c1. The first kappa shape index (κ1) is 16.7. The van der Waals surface area contributed by atoms with Crippen molar-refractivity contribution in [2.75, 3.05) is 17.3 Å². The molecule has 1 aromatic carbocycles. The molecule has 0 saturated heterocycles. The van der Waals surface area contributed by atoms with E-state index in [0.29, 0.717) is 0 Å². The largest absolute Gasteiger partial charge is 0.326 e. The van der Waals surface area contributed by atoms with Crippen LogP contribution in [0.25, 0.3) is 0 Å². The zero-order valence-electron chi connectivity index (χ0n) is 12.3. The molecule has 2 atom stereocenters. The van der Waals surface area contributed by atoms with Crippen LogP contribution in [0.4, 0.5) is 5.69 Å². The van der Waals surface area contributed by atoms with Crippen molar-refractivity contribution in [3.05, 3.63) is 29.8 Å². The number of amides is 1. The standard InChI is InChI=1S/C14H22N2O3S/c1-10(9-20(4,18)19)15-11(2)13-6-5-7-14(8-13)16-12(3)17/h5-8,10-11,15H,9H2,1-4H3,(H,16,17). The molecule has 2 N–H and O–H groups in total. The minimum Gasteiger partial charge on any atom is -0.326 e. The lowest BCUT2D eigenvalue weighted by Gasteiger charge is -2.20. The highest BCUT2D eigenvalue weighted by Gasteiger charge is 2.14. The highest BCUT2D eigenvalue weighted by Crippen LogP contribution is 2.18. The number of hydrogen-bond donors (Lipinski definition) is 2. The number of anilines is 1. The number of rotatable bonds is 6. The molecule has 0 bridgehead atoms. The van der Waals surface area contributed by atoms with Crippen molar-refractivity contribution in [1.29, 1.82) is 0 Å². The number of sulfone groups is 1. The molecule has 1 amide bonds.